The van der Waals surface area contributed by atoms with E-state index in [1.165, 1.54) is 12.1 Å². The van der Waals surface area contributed by atoms with Crippen LogP contribution in [0.15, 0.2) is 54.6 Å². The summed E-state index contributed by atoms with van der Waals surface area (Å²) < 4.78 is 37.7. The monoisotopic (exact) mass is 492 g/mol. The maximum absolute atomic E-state index is 13.4. The fourth-order valence-electron chi connectivity index (χ4n) is 3.28. The molecule has 2 N–H and O–H groups in total. The number of hydrogen-bond acceptors (Lipinski definition) is 4. The lowest BCUT2D eigenvalue weighted by Gasteiger charge is -2.31. The summed E-state index contributed by atoms with van der Waals surface area (Å²) in [6, 6.07) is 12.4. The molecular formula is C25H31F3N4O3. The first-order valence-electron chi connectivity index (χ1n) is 11.1. The molecule has 0 heterocycles. The summed E-state index contributed by atoms with van der Waals surface area (Å²) in [7, 11) is 3.81. The zero-order valence-electron chi connectivity index (χ0n) is 20.2. The molecule has 0 unspecified atom stereocenters. The molecule has 0 aliphatic heterocycles. The highest BCUT2D eigenvalue weighted by Gasteiger charge is 2.39. The number of nitrogens with one attached hydrogen (secondary N) is 2. The van der Waals surface area contributed by atoms with Gasteiger partial charge in [-0.05, 0) is 49.8 Å². The second kappa shape index (κ2) is 12.3. The molecule has 0 aliphatic carbocycles. The van der Waals surface area contributed by atoms with E-state index < -0.39 is 29.6 Å². The molecule has 0 bridgehead atoms. The summed E-state index contributed by atoms with van der Waals surface area (Å²) in [6.07, 6.45) is -4.98. The highest BCUT2D eigenvalue weighted by Crippen LogP contribution is 2.22. The first-order chi connectivity index (χ1) is 16.4. The fourth-order valence-corrected chi connectivity index (χ4v) is 3.28. The lowest BCUT2D eigenvalue weighted by Crippen LogP contribution is -2.53. The topological polar surface area (TPSA) is 81.8 Å². The Morgan fingerprint density at radius 2 is 1.51 bits per heavy atom. The standard InChI is InChI=1S/C25H31F3N4O3/c1-17(2)21(23(34)32(15-14-31(3)4)16-18-8-6-5-7-9-18)30-24(35)29-20-12-10-19(11-13-20)22(33)25(26,27)28/h5-13,17,21H,14-16H2,1-4H3,(H2,29,30,35)/t21-/m0/s1. The molecule has 10 heteroatoms. The summed E-state index contributed by atoms with van der Waals surface area (Å²) >= 11 is 0. The Balaban J connectivity index is 2.11. The van der Waals surface area contributed by atoms with E-state index in [1.54, 1.807) is 4.90 Å². The number of Topliss-reactive ketones (excluding diaryl/α,β-unsaturated/α-hetero) is 1. The van der Waals surface area contributed by atoms with Crippen LogP contribution in [0.2, 0.25) is 0 Å². The largest absolute Gasteiger partial charge is 0.454 e. The van der Waals surface area contributed by atoms with Crippen molar-refractivity contribution in [2.75, 3.05) is 32.5 Å². The molecule has 190 valence electrons. The van der Waals surface area contributed by atoms with Gasteiger partial charge in [0.1, 0.15) is 6.04 Å². The number of benzene rings is 2. The van der Waals surface area contributed by atoms with Crippen LogP contribution in [0.5, 0.6) is 0 Å². The van der Waals surface area contributed by atoms with Crippen LogP contribution in [0.4, 0.5) is 23.7 Å². The average Bonchev–Trinajstić information content (AvgIpc) is 2.79. The van der Waals surface area contributed by atoms with E-state index >= 15 is 0 Å². The number of alkyl halides is 3. The van der Waals surface area contributed by atoms with Crippen molar-refractivity contribution in [1.82, 2.24) is 15.1 Å². The number of hydrogen-bond donors (Lipinski definition) is 2. The van der Waals surface area contributed by atoms with Gasteiger partial charge in [-0.15, -0.1) is 0 Å². The van der Waals surface area contributed by atoms with Crippen molar-refractivity contribution < 1.29 is 27.6 Å². The summed E-state index contributed by atoms with van der Waals surface area (Å²) in [6.45, 7) is 5.11. The molecule has 0 aliphatic rings. The first-order valence-corrected chi connectivity index (χ1v) is 11.1. The van der Waals surface area contributed by atoms with Gasteiger partial charge in [-0.2, -0.15) is 13.2 Å². The van der Waals surface area contributed by atoms with Crippen LogP contribution in [-0.2, 0) is 11.3 Å². The molecule has 0 spiro atoms. The van der Waals surface area contributed by atoms with E-state index in [9.17, 15) is 27.6 Å². The van der Waals surface area contributed by atoms with Crippen LogP contribution in [0.3, 0.4) is 0 Å². The van der Waals surface area contributed by atoms with Gasteiger partial charge in [-0.25, -0.2) is 4.79 Å². The molecule has 2 aromatic carbocycles. The van der Waals surface area contributed by atoms with Crippen molar-refractivity contribution in [1.29, 1.82) is 0 Å². The molecule has 2 aromatic rings. The van der Waals surface area contributed by atoms with E-state index in [0.29, 0.717) is 19.6 Å². The van der Waals surface area contributed by atoms with Gasteiger partial charge in [0.05, 0.1) is 0 Å². The Morgan fingerprint density at radius 1 is 0.914 bits per heavy atom. The van der Waals surface area contributed by atoms with Crippen molar-refractivity contribution in [3.63, 3.8) is 0 Å². The van der Waals surface area contributed by atoms with Crippen LogP contribution in [0.1, 0.15) is 29.8 Å². The zero-order valence-corrected chi connectivity index (χ0v) is 20.2. The second-order valence-electron chi connectivity index (χ2n) is 8.77. The number of carbonyl (C=O) groups is 3. The number of urea groups is 1. The van der Waals surface area contributed by atoms with Gasteiger partial charge in [-0.3, -0.25) is 9.59 Å². The maximum atomic E-state index is 13.4. The Hall–Kier alpha value is -3.40. The molecule has 2 rings (SSSR count). The van der Waals surface area contributed by atoms with Crippen molar-refractivity contribution in [2.45, 2.75) is 32.6 Å². The van der Waals surface area contributed by atoms with Crippen LogP contribution < -0.4 is 10.6 Å². The molecule has 1 atom stereocenters. The number of anilines is 1. The van der Waals surface area contributed by atoms with E-state index in [1.807, 2.05) is 63.2 Å². The van der Waals surface area contributed by atoms with Crippen LogP contribution in [0, 0.1) is 5.92 Å². The molecular weight excluding hydrogens is 461 g/mol. The van der Waals surface area contributed by atoms with Crippen LogP contribution in [0.25, 0.3) is 0 Å². The van der Waals surface area contributed by atoms with E-state index in [0.717, 1.165) is 17.7 Å². The molecule has 35 heavy (non-hydrogen) atoms. The second-order valence-corrected chi connectivity index (χ2v) is 8.77. The van der Waals surface area contributed by atoms with Gasteiger partial charge in [0.2, 0.25) is 5.91 Å². The Labute approximate surface area is 203 Å². The van der Waals surface area contributed by atoms with Gasteiger partial charge >= 0.3 is 12.2 Å². The van der Waals surface area contributed by atoms with Gasteiger partial charge in [-0.1, -0.05) is 44.2 Å². The predicted octanol–water partition coefficient (Wildman–Crippen LogP) is 4.17. The Morgan fingerprint density at radius 3 is 2.03 bits per heavy atom. The summed E-state index contributed by atoms with van der Waals surface area (Å²) in [5, 5.41) is 5.18. The first kappa shape index (κ1) is 27.8. The average molecular weight is 493 g/mol. The smallest absolute Gasteiger partial charge is 0.335 e. The number of amides is 3. The number of ketones is 1. The molecule has 7 nitrogen and oxygen atoms in total. The van der Waals surface area contributed by atoms with Crippen LogP contribution >= 0.6 is 0 Å². The quantitative estimate of drug-likeness (QED) is 0.488. The molecule has 0 aromatic heterocycles. The lowest BCUT2D eigenvalue weighted by atomic mass is 10.0. The van der Waals surface area contributed by atoms with Crippen LogP contribution in [-0.4, -0.2) is 66.9 Å². The van der Waals surface area contributed by atoms with E-state index in [2.05, 4.69) is 10.6 Å². The van der Waals surface area contributed by atoms with E-state index in [4.69, 9.17) is 0 Å². The number of carbonyl (C=O) groups excluding carboxylic acids is 3. The van der Waals surface area contributed by atoms with Crippen molar-refractivity contribution >= 4 is 23.4 Å². The zero-order chi connectivity index (χ0) is 26.2. The molecule has 0 radical (unpaired) electrons. The number of rotatable bonds is 10. The lowest BCUT2D eigenvalue weighted by molar-refractivity contribution is -0.135. The Bertz CT molecular complexity index is 993. The summed E-state index contributed by atoms with van der Waals surface area (Å²) in [4.78, 5) is 41.0. The third kappa shape index (κ3) is 8.71. The van der Waals surface area contributed by atoms with Crippen molar-refractivity contribution in [3.05, 3.63) is 65.7 Å². The Kier molecular flexibility index (Phi) is 9.82. The van der Waals surface area contributed by atoms with Gasteiger partial charge in [0.15, 0.2) is 0 Å². The minimum absolute atomic E-state index is 0.185. The normalized spacial score (nSPS) is 12.4. The number of halogens is 3. The predicted molar refractivity (Wildman–Crippen MR) is 128 cm³/mol. The minimum Gasteiger partial charge on any atom is -0.335 e. The third-order valence-electron chi connectivity index (χ3n) is 5.23. The third-order valence-corrected chi connectivity index (χ3v) is 5.23. The highest BCUT2D eigenvalue weighted by molar-refractivity contribution is 6.01. The minimum atomic E-state index is -4.98. The van der Waals surface area contributed by atoms with Gasteiger partial charge in [0.25, 0.3) is 5.78 Å². The van der Waals surface area contributed by atoms with Gasteiger partial charge in [0, 0.05) is 30.9 Å². The maximum Gasteiger partial charge on any atom is 0.454 e. The SMILES string of the molecule is CC(C)[C@H](NC(=O)Nc1ccc(C(=O)C(F)(F)F)cc1)C(=O)N(CCN(C)C)Cc1ccccc1. The number of nitrogens with zero attached hydrogens (tertiary/aromatic N) is 2. The molecule has 0 saturated carbocycles. The van der Waals surface area contributed by atoms with E-state index in [-0.39, 0.29) is 17.5 Å². The van der Waals surface area contributed by atoms with Crippen molar-refractivity contribution in [2.24, 2.45) is 5.92 Å². The summed E-state index contributed by atoms with van der Waals surface area (Å²) in [5.74, 6) is -2.43. The van der Waals surface area contributed by atoms with Gasteiger partial charge < -0.3 is 20.4 Å². The fraction of sp³-hybridized carbons (Fsp3) is 0.400. The number of likely N-dealkylation sites (N-methyl/N-ethyl adjacent to an activating group) is 1. The molecule has 0 fully saturated rings. The van der Waals surface area contributed by atoms with Crippen molar-refractivity contribution in [3.8, 4) is 0 Å². The molecule has 0 saturated heterocycles. The summed E-state index contributed by atoms with van der Waals surface area (Å²) in [5.41, 5.74) is 0.612. The molecule has 3 amide bonds. The highest BCUT2D eigenvalue weighted by atomic mass is 19.4.